The highest BCUT2D eigenvalue weighted by atomic mass is 16.5. The molecule has 1 unspecified atom stereocenters. The topological polar surface area (TPSA) is 84.0 Å². The molecule has 29 heavy (non-hydrogen) atoms. The monoisotopic (exact) mass is 394 g/mol. The normalized spacial score (nSPS) is 15.9. The fraction of sp³-hybridized carbons (Fsp3) is 0.273. The zero-order valence-corrected chi connectivity index (χ0v) is 16.1. The summed E-state index contributed by atoms with van der Waals surface area (Å²) in [5, 5.41) is 0. The fourth-order valence-electron chi connectivity index (χ4n) is 3.27. The maximum atomic E-state index is 12.8. The largest absolute Gasteiger partial charge is 0.444 e. The van der Waals surface area contributed by atoms with Crippen molar-refractivity contribution >= 4 is 24.6 Å². The molecule has 0 saturated carbocycles. The number of aldehydes is 1. The van der Waals surface area contributed by atoms with E-state index in [1.54, 1.807) is 17.0 Å². The minimum atomic E-state index is -1.83. The number of carbonyl (C=O) groups is 4. The molecule has 1 fully saturated rings. The highest BCUT2D eigenvalue weighted by molar-refractivity contribution is 6.01. The molecule has 2 amide bonds. The Bertz CT molecular complexity index is 889. The van der Waals surface area contributed by atoms with Crippen LogP contribution in [0.3, 0.4) is 0 Å². The molecule has 7 heteroatoms. The summed E-state index contributed by atoms with van der Waals surface area (Å²) in [6.45, 7) is 2.53. The fourth-order valence-corrected chi connectivity index (χ4v) is 3.27. The lowest BCUT2D eigenvalue weighted by molar-refractivity contribution is -0.165. The van der Waals surface area contributed by atoms with Gasteiger partial charge in [-0.3, -0.25) is 19.2 Å². The van der Waals surface area contributed by atoms with E-state index in [0.717, 1.165) is 11.1 Å². The third-order valence-corrected chi connectivity index (χ3v) is 5.04. The predicted molar refractivity (Wildman–Crippen MR) is 106 cm³/mol. The van der Waals surface area contributed by atoms with Crippen LogP contribution in [0.25, 0.3) is 11.1 Å². The van der Waals surface area contributed by atoms with Crippen LogP contribution >= 0.6 is 0 Å². The van der Waals surface area contributed by atoms with Gasteiger partial charge in [-0.15, -0.1) is 0 Å². The van der Waals surface area contributed by atoms with Gasteiger partial charge in [0.25, 0.3) is 18.3 Å². The molecule has 0 aliphatic carbocycles. The first-order valence-electron chi connectivity index (χ1n) is 9.30. The van der Waals surface area contributed by atoms with Gasteiger partial charge >= 0.3 is 0 Å². The molecular formula is C22H22N2O5. The van der Waals surface area contributed by atoms with Gasteiger partial charge in [0, 0.05) is 31.7 Å². The van der Waals surface area contributed by atoms with Crippen LogP contribution in [0.2, 0.25) is 0 Å². The number of hydrogen-bond donors (Lipinski definition) is 0. The summed E-state index contributed by atoms with van der Waals surface area (Å²) < 4.78 is 4.66. The Kier molecular flexibility index (Phi) is 6.07. The van der Waals surface area contributed by atoms with Crippen molar-refractivity contribution in [2.24, 2.45) is 0 Å². The standard InChI is InChI=1S/C22H22N2O5/c1-22(15-25,29-16-26)21(28)24-13-11-23(12-14-24)20(27)19-9-7-18(8-10-19)17-5-3-2-4-6-17/h2-10,15-16H,11-14H2,1H3. The Balaban J connectivity index is 1.62. The first-order chi connectivity index (χ1) is 14.0. The lowest BCUT2D eigenvalue weighted by Gasteiger charge is -2.37. The summed E-state index contributed by atoms with van der Waals surface area (Å²) in [6.07, 6.45) is 0.315. The average Bonchev–Trinajstić information content (AvgIpc) is 2.79. The van der Waals surface area contributed by atoms with Gasteiger partial charge in [-0.1, -0.05) is 42.5 Å². The second-order valence-electron chi connectivity index (χ2n) is 6.97. The molecule has 7 nitrogen and oxygen atoms in total. The van der Waals surface area contributed by atoms with Gasteiger partial charge in [-0.05, 0) is 30.2 Å². The number of benzene rings is 2. The van der Waals surface area contributed by atoms with Crippen molar-refractivity contribution in [2.45, 2.75) is 12.5 Å². The van der Waals surface area contributed by atoms with Crippen molar-refractivity contribution < 1.29 is 23.9 Å². The number of carbonyl (C=O) groups excluding carboxylic acids is 4. The van der Waals surface area contributed by atoms with Gasteiger partial charge in [0.05, 0.1) is 0 Å². The molecule has 0 aromatic heterocycles. The number of ether oxygens (including phenoxy) is 1. The average molecular weight is 394 g/mol. The minimum absolute atomic E-state index is 0.0885. The molecule has 1 atom stereocenters. The Labute approximate surface area is 168 Å². The van der Waals surface area contributed by atoms with Crippen molar-refractivity contribution in [3.05, 3.63) is 60.2 Å². The van der Waals surface area contributed by atoms with E-state index in [0.29, 0.717) is 24.9 Å². The second-order valence-corrected chi connectivity index (χ2v) is 6.97. The minimum Gasteiger partial charge on any atom is -0.444 e. The van der Waals surface area contributed by atoms with Crippen LogP contribution in [0.1, 0.15) is 17.3 Å². The number of piperazine rings is 1. The highest BCUT2D eigenvalue weighted by Crippen LogP contribution is 2.20. The van der Waals surface area contributed by atoms with E-state index in [4.69, 9.17) is 0 Å². The molecule has 0 spiro atoms. The molecule has 3 rings (SSSR count). The Morgan fingerprint density at radius 2 is 1.41 bits per heavy atom. The SMILES string of the molecule is CC(C=O)(OC=O)C(=O)N1CCN(C(=O)c2ccc(-c3ccccc3)cc2)CC1. The summed E-state index contributed by atoms with van der Waals surface area (Å²) >= 11 is 0. The molecule has 0 N–H and O–H groups in total. The smallest absolute Gasteiger partial charge is 0.294 e. The summed E-state index contributed by atoms with van der Waals surface area (Å²) in [7, 11) is 0. The summed E-state index contributed by atoms with van der Waals surface area (Å²) in [5.74, 6) is -0.696. The maximum absolute atomic E-state index is 12.8. The van der Waals surface area contributed by atoms with E-state index >= 15 is 0 Å². The van der Waals surface area contributed by atoms with Gasteiger partial charge in [-0.2, -0.15) is 0 Å². The van der Waals surface area contributed by atoms with Crippen molar-refractivity contribution in [3.8, 4) is 11.1 Å². The third kappa shape index (κ3) is 4.34. The van der Waals surface area contributed by atoms with Crippen LogP contribution in [0.4, 0.5) is 0 Å². The van der Waals surface area contributed by atoms with Gasteiger partial charge < -0.3 is 14.5 Å². The molecule has 1 saturated heterocycles. The van der Waals surface area contributed by atoms with Crippen molar-refractivity contribution in [2.75, 3.05) is 26.2 Å². The van der Waals surface area contributed by atoms with Crippen LogP contribution in [0.5, 0.6) is 0 Å². The molecule has 0 bridgehead atoms. The zero-order chi connectivity index (χ0) is 20.9. The molecule has 2 aromatic rings. The Hall–Kier alpha value is -3.48. The number of hydrogen-bond acceptors (Lipinski definition) is 5. The molecule has 2 aromatic carbocycles. The van der Waals surface area contributed by atoms with E-state index in [9.17, 15) is 19.2 Å². The Morgan fingerprint density at radius 1 is 0.862 bits per heavy atom. The van der Waals surface area contributed by atoms with E-state index < -0.39 is 11.5 Å². The van der Waals surface area contributed by atoms with Crippen molar-refractivity contribution in [1.29, 1.82) is 0 Å². The van der Waals surface area contributed by atoms with E-state index in [1.807, 2.05) is 42.5 Å². The van der Waals surface area contributed by atoms with E-state index in [2.05, 4.69) is 4.74 Å². The van der Waals surface area contributed by atoms with E-state index in [-0.39, 0.29) is 25.5 Å². The van der Waals surface area contributed by atoms with Gasteiger partial charge in [0.15, 0.2) is 6.29 Å². The van der Waals surface area contributed by atoms with Crippen molar-refractivity contribution in [3.63, 3.8) is 0 Å². The van der Waals surface area contributed by atoms with Crippen LogP contribution in [0.15, 0.2) is 54.6 Å². The Morgan fingerprint density at radius 3 is 1.97 bits per heavy atom. The number of rotatable bonds is 6. The lowest BCUT2D eigenvalue weighted by atomic mass is 10.0. The molecule has 1 heterocycles. The van der Waals surface area contributed by atoms with Crippen LogP contribution in [-0.4, -0.2) is 66.2 Å². The van der Waals surface area contributed by atoms with Crippen LogP contribution < -0.4 is 0 Å². The first kappa shape index (κ1) is 20.3. The summed E-state index contributed by atoms with van der Waals surface area (Å²) in [4.78, 5) is 50.1. The van der Waals surface area contributed by atoms with E-state index in [1.165, 1.54) is 11.8 Å². The summed E-state index contributed by atoms with van der Waals surface area (Å²) in [6, 6.07) is 17.3. The summed E-state index contributed by atoms with van der Waals surface area (Å²) in [5.41, 5.74) is 0.850. The second kappa shape index (κ2) is 8.68. The quantitative estimate of drug-likeness (QED) is 0.551. The van der Waals surface area contributed by atoms with Crippen molar-refractivity contribution in [1.82, 2.24) is 9.80 Å². The third-order valence-electron chi connectivity index (χ3n) is 5.04. The first-order valence-corrected chi connectivity index (χ1v) is 9.30. The van der Waals surface area contributed by atoms with Crippen LogP contribution in [0, 0.1) is 0 Å². The maximum Gasteiger partial charge on any atom is 0.294 e. The molecule has 0 radical (unpaired) electrons. The zero-order valence-electron chi connectivity index (χ0n) is 16.1. The molecule has 1 aliphatic heterocycles. The van der Waals surface area contributed by atoms with Crippen LogP contribution in [-0.2, 0) is 19.1 Å². The molecule has 150 valence electrons. The predicted octanol–water partition coefficient (Wildman–Crippen LogP) is 1.77. The van der Waals surface area contributed by atoms with Gasteiger partial charge in [0.2, 0.25) is 5.60 Å². The molecule has 1 aliphatic rings. The molecular weight excluding hydrogens is 372 g/mol. The highest BCUT2D eigenvalue weighted by Gasteiger charge is 2.40. The van der Waals surface area contributed by atoms with Gasteiger partial charge in [-0.25, -0.2) is 0 Å². The number of nitrogens with zero attached hydrogens (tertiary/aromatic N) is 2. The van der Waals surface area contributed by atoms with Gasteiger partial charge in [0.1, 0.15) is 0 Å². The number of amides is 2. The lowest BCUT2D eigenvalue weighted by Crippen LogP contribution is -2.57.